The van der Waals surface area contributed by atoms with E-state index in [0.717, 1.165) is 0 Å². The number of carboxylic acids is 1. The van der Waals surface area contributed by atoms with E-state index >= 15 is 0 Å². The van der Waals surface area contributed by atoms with Crippen LogP contribution in [0.2, 0.25) is 0 Å². The smallest absolute Gasteiger partial charge is 0.241 e. The Labute approximate surface area is 104 Å². The zero-order chi connectivity index (χ0) is 13.8. The van der Waals surface area contributed by atoms with Crippen molar-refractivity contribution in [3.63, 3.8) is 0 Å². The third kappa shape index (κ3) is 3.34. The Bertz CT molecular complexity index is 539. The first-order valence-electron chi connectivity index (χ1n) is 4.82. The Kier molecular flexibility index (Phi) is 4.51. The number of hydrogen-bond acceptors (Lipinski definition) is 6. The van der Waals surface area contributed by atoms with Gasteiger partial charge in [-0.2, -0.15) is 0 Å². The molecule has 0 unspecified atom stereocenters. The van der Waals surface area contributed by atoms with Crippen molar-refractivity contribution in [2.75, 3.05) is 20.8 Å². The number of carbonyl (C=O) groups excluding carboxylic acids is 1. The van der Waals surface area contributed by atoms with Crippen LogP contribution >= 0.6 is 0 Å². The number of benzene rings is 1. The molecule has 0 saturated heterocycles. The summed E-state index contributed by atoms with van der Waals surface area (Å²) in [5, 5.41) is 10.2. The van der Waals surface area contributed by atoms with Crippen molar-refractivity contribution in [1.29, 1.82) is 0 Å². The molecule has 0 aliphatic rings. The fourth-order valence-electron chi connectivity index (χ4n) is 1.22. The maximum atomic E-state index is 11.7. The van der Waals surface area contributed by atoms with Crippen LogP contribution < -0.4 is 19.3 Å². The van der Waals surface area contributed by atoms with Gasteiger partial charge in [0.25, 0.3) is 0 Å². The van der Waals surface area contributed by atoms with Crippen molar-refractivity contribution < 1.29 is 27.8 Å². The normalized spacial score (nSPS) is 11.0. The molecule has 0 bridgehead atoms. The summed E-state index contributed by atoms with van der Waals surface area (Å²) < 4.78 is 35.2. The fraction of sp³-hybridized carbons (Fsp3) is 0.300. The summed E-state index contributed by atoms with van der Waals surface area (Å²) in [4.78, 5) is 10.1. The highest BCUT2D eigenvalue weighted by Crippen LogP contribution is 2.29. The van der Waals surface area contributed by atoms with E-state index in [9.17, 15) is 18.3 Å². The van der Waals surface area contributed by atoms with Gasteiger partial charge in [-0.3, -0.25) is 0 Å². The van der Waals surface area contributed by atoms with Crippen LogP contribution in [0.4, 0.5) is 0 Å². The van der Waals surface area contributed by atoms with Crippen molar-refractivity contribution in [2.24, 2.45) is 0 Å². The van der Waals surface area contributed by atoms with Gasteiger partial charge in [0.1, 0.15) is 0 Å². The number of carbonyl (C=O) groups is 1. The number of sulfonamides is 1. The van der Waals surface area contributed by atoms with E-state index in [1.54, 1.807) is 0 Å². The second-order valence-electron chi connectivity index (χ2n) is 3.21. The Morgan fingerprint density at radius 3 is 2.39 bits per heavy atom. The first kappa shape index (κ1) is 14.3. The molecule has 0 spiro atoms. The molecule has 18 heavy (non-hydrogen) atoms. The lowest BCUT2D eigenvalue weighted by molar-refractivity contribution is -0.303. The largest absolute Gasteiger partial charge is 0.549 e. The van der Waals surface area contributed by atoms with Gasteiger partial charge in [-0.15, -0.1) is 0 Å². The summed E-state index contributed by atoms with van der Waals surface area (Å²) >= 11 is 0. The Morgan fingerprint density at radius 1 is 1.28 bits per heavy atom. The summed E-state index contributed by atoms with van der Waals surface area (Å²) in [6.07, 6.45) is 0. The fourth-order valence-corrected chi connectivity index (χ4v) is 2.20. The van der Waals surface area contributed by atoms with Crippen LogP contribution in [-0.4, -0.2) is 35.2 Å². The predicted octanol–water partition coefficient (Wildman–Crippen LogP) is -1.27. The van der Waals surface area contributed by atoms with Gasteiger partial charge in [0.05, 0.1) is 31.6 Å². The van der Waals surface area contributed by atoms with Gasteiger partial charge in [-0.1, -0.05) is 0 Å². The Balaban J connectivity index is 3.06. The van der Waals surface area contributed by atoms with E-state index in [1.807, 2.05) is 4.72 Å². The molecular weight excluding hydrogens is 262 g/mol. The highest BCUT2D eigenvalue weighted by molar-refractivity contribution is 7.89. The number of carboxylic acid groups (broad SMARTS) is 1. The van der Waals surface area contributed by atoms with E-state index in [2.05, 4.69) is 0 Å². The molecule has 0 fully saturated rings. The van der Waals surface area contributed by atoms with Crippen LogP contribution in [0.1, 0.15) is 0 Å². The molecule has 0 atom stereocenters. The summed E-state index contributed by atoms with van der Waals surface area (Å²) in [6, 6.07) is 3.92. The zero-order valence-corrected chi connectivity index (χ0v) is 10.6. The van der Waals surface area contributed by atoms with Gasteiger partial charge in [-0.25, -0.2) is 13.1 Å². The third-order valence-corrected chi connectivity index (χ3v) is 3.47. The summed E-state index contributed by atoms with van der Waals surface area (Å²) in [7, 11) is -1.14. The molecule has 1 N–H and O–H groups in total. The lowest BCUT2D eigenvalue weighted by atomic mass is 10.3. The molecule has 0 saturated carbocycles. The minimum absolute atomic E-state index is 0.124. The van der Waals surface area contributed by atoms with Crippen molar-refractivity contribution in [1.82, 2.24) is 4.72 Å². The van der Waals surface area contributed by atoms with E-state index in [0.29, 0.717) is 5.75 Å². The average Bonchev–Trinajstić information content (AvgIpc) is 2.35. The van der Waals surface area contributed by atoms with Crippen LogP contribution in [0.25, 0.3) is 0 Å². The quantitative estimate of drug-likeness (QED) is 0.693. The molecule has 0 amide bonds. The van der Waals surface area contributed by atoms with Gasteiger partial charge < -0.3 is 19.4 Å². The summed E-state index contributed by atoms with van der Waals surface area (Å²) in [6.45, 7) is -0.795. The molecule has 1 aromatic carbocycles. The highest BCUT2D eigenvalue weighted by Gasteiger charge is 2.16. The topological polar surface area (TPSA) is 105 Å². The zero-order valence-electron chi connectivity index (χ0n) is 9.80. The second-order valence-corrected chi connectivity index (χ2v) is 4.98. The monoisotopic (exact) mass is 274 g/mol. The lowest BCUT2D eigenvalue weighted by Gasteiger charge is -2.11. The van der Waals surface area contributed by atoms with Crippen molar-refractivity contribution >= 4 is 16.0 Å². The number of aliphatic carboxylic acids is 1. The van der Waals surface area contributed by atoms with Crippen LogP contribution in [0.3, 0.4) is 0 Å². The van der Waals surface area contributed by atoms with Crippen LogP contribution in [-0.2, 0) is 14.8 Å². The number of ether oxygens (including phenoxy) is 2. The molecule has 1 rings (SSSR count). The summed E-state index contributed by atoms with van der Waals surface area (Å²) in [5.41, 5.74) is 0. The minimum Gasteiger partial charge on any atom is -0.549 e. The van der Waals surface area contributed by atoms with E-state index in [4.69, 9.17) is 9.47 Å². The number of nitrogens with one attached hydrogen (secondary N) is 1. The van der Waals surface area contributed by atoms with Crippen molar-refractivity contribution in [2.45, 2.75) is 4.90 Å². The molecule has 7 nitrogen and oxygen atoms in total. The maximum absolute atomic E-state index is 11.7. The second kappa shape index (κ2) is 5.69. The van der Waals surface area contributed by atoms with Crippen LogP contribution in [0, 0.1) is 0 Å². The van der Waals surface area contributed by atoms with E-state index in [1.165, 1.54) is 32.4 Å². The number of methoxy groups -OCH3 is 2. The highest BCUT2D eigenvalue weighted by atomic mass is 32.2. The number of hydrogen-bond donors (Lipinski definition) is 1. The molecule has 0 aliphatic heterocycles. The first-order chi connectivity index (χ1) is 8.40. The average molecular weight is 274 g/mol. The molecule has 8 heteroatoms. The molecule has 100 valence electrons. The standard InChI is InChI=1S/C10H13NO6S/c1-16-8-4-3-7(5-9(8)17-2)18(14,15)11-6-10(12)13/h3-5,11H,6H2,1-2H3,(H,12,13)/p-1. The van der Waals surface area contributed by atoms with Crippen LogP contribution in [0.15, 0.2) is 23.1 Å². The van der Waals surface area contributed by atoms with E-state index < -0.39 is 22.5 Å². The van der Waals surface area contributed by atoms with Crippen LogP contribution in [0.5, 0.6) is 11.5 Å². The summed E-state index contributed by atoms with van der Waals surface area (Å²) in [5.74, 6) is -0.913. The third-order valence-electron chi connectivity index (χ3n) is 2.07. The van der Waals surface area contributed by atoms with Gasteiger partial charge in [0, 0.05) is 6.07 Å². The molecular formula is C10H12NO6S-. The SMILES string of the molecule is COc1ccc(S(=O)(=O)NCC(=O)[O-])cc1OC. The lowest BCUT2D eigenvalue weighted by Crippen LogP contribution is -2.37. The number of rotatable bonds is 6. The van der Waals surface area contributed by atoms with Gasteiger partial charge in [-0.05, 0) is 12.1 Å². The maximum Gasteiger partial charge on any atom is 0.241 e. The minimum atomic E-state index is -3.92. The van der Waals surface area contributed by atoms with Gasteiger partial charge in [0.2, 0.25) is 10.0 Å². The molecule has 0 aliphatic carbocycles. The molecule has 1 aromatic rings. The van der Waals surface area contributed by atoms with Gasteiger partial charge in [0.15, 0.2) is 11.5 Å². The Hall–Kier alpha value is -1.80. The Morgan fingerprint density at radius 2 is 1.89 bits per heavy atom. The molecule has 0 aromatic heterocycles. The molecule has 0 radical (unpaired) electrons. The van der Waals surface area contributed by atoms with E-state index in [-0.39, 0.29) is 10.6 Å². The van der Waals surface area contributed by atoms with Gasteiger partial charge >= 0.3 is 0 Å². The van der Waals surface area contributed by atoms with Crippen molar-refractivity contribution in [3.05, 3.63) is 18.2 Å². The molecule has 0 heterocycles. The van der Waals surface area contributed by atoms with Crippen molar-refractivity contribution in [3.8, 4) is 11.5 Å². The first-order valence-corrected chi connectivity index (χ1v) is 6.30. The predicted molar refractivity (Wildman–Crippen MR) is 59.7 cm³/mol.